The van der Waals surface area contributed by atoms with E-state index in [9.17, 15) is 24.0 Å². The van der Waals surface area contributed by atoms with Crippen molar-refractivity contribution in [3.63, 3.8) is 0 Å². The van der Waals surface area contributed by atoms with E-state index in [1.54, 1.807) is 40.7 Å². The lowest BCUT2D eigenvalue weighted by molar-refractivity contribution is -0.137. The van der Waals surface area contributed by atoms with Crippen molar-refractivity contribution in [1.82, 2.24) is 30.2 Å². The number of hydrogen-bond donors (Lipinski definition) is 2. The number of rotatable bonds is 8. The molecule has 57 heavy (non-hydrogen) atoms. The van der Waals surface area contributed by atoms with Crippen molar-refractivity contribution < 1.29 is 28.8 Å². The number of nitrogens with zero attached hydrogens (tertiary/aromatic N) is 6. The molecular weight excluding hydrogens is 748 g/mol. The van der Waals surface area contributed by atoms with Crippen molar-refractivity contribution in [3.8, 4) is 28.1 Å². The second-order valence-corrected chi connectivity index (χ2v) is 14.9. The first-order valence-corrected chi connectivity index (χ1v) is 19.1. The number of carbonyl (C=O) groups excluding carboxylic acids is 5. The van der Waals surface area contributed by atoms with Crippen LogP contribution in [-0.4, -0.2) is 80.1 Å². The molecule has 3 saturated heterocycles. The first-order chi connectivity index (χ1) is 27.7. The molecule has 0 bridgehead atoms. The Balaban J connectivity index is 0.857. The third-order valence-electron chi connectivity index (χ3n) is 11.1. The van der Waals surface area contributed by atoms with E-state index >= 15 is 0 Å². The maximum absolute atomic E-state index is 14.1. The van der Waals surface area contributed by atoms with Crippen molar-refractivity contribution in [1.29, 1.82) is 0 Å². The number of halogens is 1. The predicted molar refractivity (Wildman–Crippen MR) is 209 cm³/mol. The minimum absolute atomic E-state index is 0.00527. The molecule has 0 saturated carbocycles. The lowest BCUT2D eigenvalue weighted by Crippen LogP contribution is -2.54. The van der Waals surface area contributed by atoms with Crippen LogP contribution in [0.4, 0.5) is 17.3 Å². The summed E-state index contributed by atoms with van der Waals surface area (Å²) in [5.74, 6) is -1.83. The van der Waals surface area contributed by atoms with Gasteiger partial charge in [0, 0.05) is 31.6 Å². The highest BCUT2D eigenvalue weighted by molar-refractivity contribution is 6.33. The number of hydroxylamine groups is 2. The van der Waals surface area contributed by atoms with E-state index in [1.165, 1.54) is 6.07 Å². The number of benzene rings is 3. The minimum atomic E-state index is -1.08. The SMILES string of the molecule is O=C1CCC(N2C(=O)c3cccc(ON4CCC5(CC4)CCN(c4cncc(Nc6ncc(Cl)c(-c7cccc(-c8ccccc8)c7)n6)c4)C5=O)c3C2=O)C(=O)N1. The van der Waals surface area contributed by atoms with Crippen molar-refractivity contribution in [3.05, 3.63) is 114 Å². The van der Waals surface area contributed by atoms with Crippen LogP contribution in [0.3, 0.4) is 0 Å². The van der Waals surface area contributed by atoms with Gasteiger partial charge < -0.3 is 15.1 Å². The lowest BCUT2D eigenvalue weighted by atomic mass is 9.77. The van der Waals surface area contributed by atoms with E-state index in [0.717, 1.165) is 21.6 Å². The van der Waals surface area contributed by atoms with Gasteiger partial charge in [-0.1, -0.05) is 66.2 Å². The van der Waals surface area contributed by atoms with Crippen molar-refractivity contribution in [2.45, 2.75) is 38.1 Å². The topological polar surface area (TPSA) is 167 Å². The maximum atomic E-state index is 14.1. The summed E-state index contributed by atoms with van der Waals surface area (Å²) >= 11 is 6.58. The van der Waals surface area contributed by atoms with Crippen molar-refractivity contribution >= 4 is 58.5 Å². The Kier molecular flexibility index (Phi) is 9.21. The van der Waals surface area contributed by atoms with Gasteiger partial charge in [0.05, 0.1) is 57.2 Å². The van der Waals surface area contributed by atoms with Gasteiger partial charge in [-0.2, -0.15) is 0 Å². The Labute approximate surface area is 331 Å². The van der Waals surface area contributed by atoms with Gasteiger partial charge in [-0.05, 0) is 61.1 Å². The molecule has 3 aromatic carbocycles. The number of carbonyl (C=O) groups is 5. The predicted octanol–water partition coefficient (Wildman–Crippen LogP) is 5.82. The fraction of sp³-hybridized carbons (Fsp3) is 0.238. The largest absolute Gasteiger partial charge is 0.405 e. The van der Waals surface area contributed by atoms with E-state index < -0.39 is 35.1 Å². The second kappa shape index (κ2) is 14.5. The molecule has 0 radical (unpaired) electrons. The standard InChI is InChI=1S/C42H35ClN8O6/c43-31-24-45-41(48-36(31)27-9-4-8-26(20-27)25-6-2-1-3-7-25)46-28-21-29(23-44-22-28)50-19-16-42(40(50)56)14-17-49(18-15-42)57-33-11-5-10-30-35(33)39(55)51(38(30)54)32-12-13-34(52)47-37(32)53/h1-11,20-24,32H,12-19H2,(H,45,46,48)(H,47,52,53). The zero-order valence-electron chi connectivity index (χ0n) is 30.5. The average Bonchev–Trinajstić information content (AvgIpc) is 3.68. The highest BCUT2D eigenvalue weighted by Crippen LogP contribution is 2.44. The Hall–Kier alpha value is -6.51. The summed E-state index contributed by atoms with van der Waals surface area (Å²) in [6.07, 6.45) is 6.64. The van der Waals surface area contributed by atoms with Crippen LogP contribution in [0.25, 0.3) is 22.4 Å². The monoisotopic (exact) mass is 782 g/mol. The van der Waals surface area contributed by atoms with E-state index in [4.69, 9.17) is 21.4 Å². The van der Waals surface area contributed by atoms with Gasteiger partial charge in [0.1, 0.15) is 6.04 Å². The molecule has 14 nitrogen and oxygen atoms in total. The molecule has 3 fully saturated rings. The summed E-state index contributed by atoms with van der Waals surface area (Å²) in [5.41, 5.74) is 4.41. The first kappa shape index (κ1) is 36.1. The summed E-state index contributed by atoms with van der Waals surface area (Å²) in [7, 11) is 0. The summed E-state index contributed by atoms with van der Waals surface area (Å²) in [6.45, 7) is 1.34. The average molecular weight is 783 g/mol. The Morgan fingerprint density at radius 1 is 0.807 bits per heavy atom. The highest BCUT2D eigenvalue weighted by atomic mass is 35.5. The number of amides is 5. The zero-order chi connectivity index (χ0) is 39.3. The van der Waals surface area contributed by atoms with Gasteiger partial charge in [-0.25, -0.2) is 9.97 Å². The smallest absolute Gasteiger partial charge is 0.266 e. The first-order valence-electron chi connectivity index (χ1n) is 18.7. The summed E-state index contributed by atoms with van der Waals surface area (Å²) < 4.78 is 0. The quantitative estimate of drug-likeness (QED) is 0.182. The molecule has 4 aliphatic heterocycles. The van der Waals surface area contributed by atoms with Crippen LogP contribution in [0.2, 0.25) is 5.02 Å². The molecule has 286 valence electrons. The van der Waals surface area contributed by atoms with Crippen molar-refractivity contribution in [2.75, 3.05) is 29.9 Å². The number of fused-ring (bicyclic) bond motifs is 1. The molecule has 9 rings (SSSR count). The van der Waals surface area contributed by atoms with Gasteiger partial charge in [0.2, 0.25) is 23.7 Å². The van der Waals surface area contributed by atoms with Crippen LogP contribution in [0, 0.1) is 5.41 Å². The van der Waals surface area contributed by atoms with E-state index in [2.05, 4.69) is 20.6 Å². The normalized spacial score (nSPS) is 19.2. The molecule has 5 aromatic rings. The van der Waals surface area contributed by atoms with E-state index in [0.29, 0.717) is 66.9 Å². The number of pyridine rings is 1. The van der Waals surface area contributed by atoms with Gasteiger partial charge in [0.25, 0.3) is 11.8 Å². The van der Waals surface area contributed by atoms with Gasteiger partial charge in [-0.15, -0.1) is 5.06 Å². The number of imide groups is 2. The van der Waals surface area contributed by atoms with Crippen LogP contribution < -0.4 is 20.4 Å². The molecule has 1 unspecified atom stereocenters. The Morgan fingerprint density at radius 3 is 2.37 bits per heavy atom. The summed E-state index contributed by atoms with van der Waals surface area (Å²) in [4.78, 5) is 87.6. The van der Waals surface area contributed by atoms with Crippen LogP contribution in [-0.2, 0) is 14.4 Å². The highest BCUT2D eigenvalue weighted by Gasteiger charge is 2.50. The van der Waals surface area contributed by atoms with Crippen LogP contribution in [0.5, 0.6) is 5.75 Å². The molecule has 2 N–H and O–H groups in total. The molecule has 2 aromatic heterocycles. The van der Waals surface area contributed by atoms with Gasteiger partial charge >= 0.3 is 0 Å². The van der Waals surface area contributed by atoms with Crippen LogP contribution in [0.15, 0.2) is 97.5 Å². The fourth-order valence-corrected chi connectivity index (χ4v) is 8.31. The summed E-state index contributed by atoms with van der Waals surface area (Å²) in [6, 6.07) is 23.6. The summed E-state index contributed by atoms with van der Waals surface area (Å²) in [5, 5.41) is 7.55. The molecule has 15 heteroatoms. The number of piperidine rings is 2. The van der Waals surface area contributed by atoms with Crippen LogP contribution in [0.1, 0.15) is 52.8 Å². The lowest BCUT2D eigenvalue weighted by Gasteiger charge is -2.37. The van der Waals surface area contributed by atoms with Gasteiger partial charge in [0.15, 0.2) is 5.75 Å². The van der Waals surface area contributed by atoms with Crippen LogP contribution >= 0.6 is 11.6 Å². The number of hydrogen-bond acceptors (Lipinski definition) is 11. The number of aromatic nitrogens is 3. The Bertz CT molecular complexity index is 2470. The molecule has 1 atom stereocenters. The van der Waals surface area contributed by atoms with E-state index in [1.807, 2.05) is 60.7 Å². The third kappa shape index (κ3) is 6.66. The fourth-order valence-electron chi connectivity index (χ4n) is 8.11. The minimum Gasteiger partial charge on any atom is -0.405 e. The molecule has 5 amide bonds. The molecule has 0 aliphatic carbocycles. The molecular formula is C42H35ClN8O6. The Morgan fingerprint density at radius 2 is 1.56 bits per heavy atom. The number of nitrogens with one attached hydrogen (secondary N) is 2. The second-order valence-electron chi connectivity index (χ2n) is 14.5. The van der Waals surface area contributed by atoms with Gasteiger partial charge in [-0.3, -0.25) is 39.2 Å². The number of anilines is 3. The molecule has 4 aliphatic rings. The van der Waals surface area contributed by atoms with E-state index in [-0.39, 0.29) is 35.6 Å². The third-order valence-corrected chi connectivity index (χ3v) is 11.4. The maximum Gasteiger partial charge on any atom is 0.266 e. The molecule has 6 heterocycles. The molecule has 1 spiro atoms. The van der Waals surface area contributed by atoms with Crippen molar-refractivity contribution in [2.24, 2.45) is 5.41 Å². The zero-order valence-corrected chi connectivity index (χ0v) is 31.2.